The lowest BCUT2D eigenvalue weighted by molar-refractivity contribution is -0.118. The third kappa shape index (κ3) is 3.74. The van der Waals surface area contributed by atoms with Gasteiger partial charge in [-0.1, -0.05) is 6.42 Å². The van der Waals surface area contributed by atoms with Crippen LogP contribution in [0.25, 0.3) is 0 Å². The number of anilines is 1. The van der Waals surface area contributed by atoms with Crippen molar-refractivity contribution in [3.05, 3.63) is 29.8 Å². The van der Waals surface area contributed by atoms with Crippen LogP contribution in [0, 0.1) is 11.6 Å². The molecule has 1 aromatic rings. The Kier molecular flexibility index (Phi) is 5.03. The van der Waals surface area contributed by atoms with E-state index in [0.29, 0.717) is 0 Å². The molecule has 1 fully saturated rings. The van der Waals surface area contributed by atoms with Crippen molar-refractivity contribution < 1.29 is 18.7 Å². The molecule has 0 saturated carbocycles. The molecule has 1 aromatic carbocycles. The predicted octanol–water partition coefficient (Wildman–Crippen LogP) is 1.75. The topological polar surface area (TPSA) is 52.6 Å². The van der Waals surface area contributed by atoms with Gasteiger partial charge in [-0.25, -0.2) is 8.78 Å². The summed E-state index contributed by atoms with van der Waals surface area (Å²) in [6.45, 7) is 0.799. The van der Waals surface area contributed by atoms with Crippen LogP contribution in [0.1, 0.15) is 19.3 Å². The van der Waals surface area contributed by atoms with E-state index in [0.717, 1.165) is 44.0 Å². The van der Waals surface area contributed by atoms with Crippen molar-refractivity contribution in [3.63, 3.8) is 0 Å². The molecule has 2 rings (SSSR count). The van der Waals surface area contributed by atoms with Crippen LogP contribution in [-0.4, -0.2) is 41.7 Å². The van der Waals surface area contributed by atoms with Crippen LogP contribution in [-0.2, 0) is 4.79 Å². The highest BCUT2D eigenvalue weighted by Crippen LogP contribution is 2.18. The van der Waals surface area contributed by atoms with E-state index in [-0.39, 0.29) is 24.9 Å². The number of carbonyl (C=O) groups is 1. The van der Waals surface area contributed by atoms with Crippen molar-refractivity contribution in [2.75, 3.05) is 25.0 Å². The number of hydrogen-bond donors (Lipinski definition) is 2. The summed E-state index contributed by atoms with van der Waals surface area (Å²) in [4.78, 5) is 13.8. The minimum atomic E-state index is -0.669. The molecule has 1 amide bonds. The third-order valence-corrected chi connectivity index (χ3v) is 3.51. The third-order valence-electron chi connectivity index (χ3n) is 3.51. The second-order valence-electron chi connectivity index (χ2n) is 4.98. The van der Waals surface area contributed by atoms with Crippen molar-refractivity contribution in [2.45, 2.75) is 25.3 Å². The summed E-state index contributed by atoms with van der Waals surface area (Å²) in [5, 5.41) is 11.6. The largest absolute Gasteiger partial charge is 0.395 e. The zero-order valence-corrected chi connectivity index (χ0v) is 11.1. The molecule has 1 aliphatic heterocycles. The quantitative estimate of drug-likeness (QED) is 0.885. The van der Waals surface area contributed by atoms with E-state index in [1.54, 1.807) is 0 Å². The summed E-state index contributed by atoms with van der Waals surface area (Å²) in [7, 11) is 0. The van der Waals surface area contributed by atoms with Gasteiger partial charge in [-0.15, -0.1) is 0 Å². The normalized spacial score (nSPS) is 19.9. The van der Waals surface area contributed by atoms with Crippen molar-refractivity contribution in [1.82, 2.24) is 4.90 Å². The Labute approximate surface area is 116 Å². The van der Waals surface area contributed by atoms with Crippen molar-refractivity contribution in [1.29, 1.82) is 0 Å². The molecule has 1 saturated heterocycles. The molecule has 0 aliphatic carbocycles. The maximum absolute atomic E-state index is 13.4. The first-order valence-electron chi connectivity index (χ1n) is 6.70. The van der Waals surface area contributed by atoms with Gasteiger partial charge in [0.05, 0.1) is 18.8 Å². The minimum Gasteiger partial charge on any atom is -0.395 e. The van der Waals surface area contributed by atoms with Crippen LogP contribution in [0.5, 0.6) is 0 Å². The maximum Gasteiger partial charge on any atom is 0.238 e. The van der Waals surface area contributed by atoms with E-state index in [2.05, 4.69) is 5.32 Å². The Bertz CT molecular complexity index is 482. The van der Waals surface area contributed by atoms with Gasteiger partial charge in [-0.2, -0.15) is 0 Å². The fourth-order valence-electron chi connectivity index (χ4n) is 2.44. The zero-order chi connectivity index (χ0) is 14.5. The zero-order valence-electron chi connectivity index (χ0n) is 11.1. The second-order valence-corrected chi connectivity index (χ2v) is 4.98. The molecule has 4 nitrogen and oxygen atoms in total. The molecule has 1 unspecified atom stereocenters. The Morgan fingerprint density at radius 3 is 2.95 bits per heavy atom. The lowest BCUT2D eigenvalue weighted by atomic mass is 10.0. The molecular weight excluding hydrogens is 266 g/mol. The number of aliphatic hydroxyl groups is 1. The standard InChI is InChI=1S/C14H18F2N2O2/c15-10-4-5-12(16)13(7-10)17-14(20)8-18-6-2-1-3-11(18)9-19/h4-5,7,11,19H,1-3,6,8-9H2,(H,17,20). The van der Waals surface area contributed by atoms with Crippen molar-refractivity contribution in [3.8, 4) is 0 Å². The Morgan fingerprint density at radius 1 is 1.40 bits per heavy atom. The first-order chi connectivity index (χ1) is 9.60. The highest BCUT2D eigenvalue weighted by Gasteiger charge is 2.23. The monoisotopic (exact) mass is 284 g/mol. The molecule has 1 heterocycles. The number of carbonyl (C=O) groups excluding carboxylic acids is 1. The van der Waals surface area contributed by atoms with E-state index >= 15 is 0 Å². The van der Waals surface area contributed by atoms with Gasteiger partial charge in [0.1, 0.15) is 11.6 Å². The van der Waals surface area contributed by atoms with Crippen LogP contribution >= 0.6 is 0 Å². The van der Waals surface area contributed by atoms with Gasteiger partial charge in [0.25, 0.3) is 0 Å². The second kappa shape index (κ2) is 6.76. The van der Waals surface area contributed by atoms with Gasteiger partial charge >= 0.3 is 0 Å². The Balaban J connectivity index is 1.96. The molecule has 6 heteroatoms. The molecule has 0 aromatic heterocycles. The fraction of sp³-hybridized carbons (Fsp3) is 0.500. The molecule has 0 radical (unpaired) electrons. The summed E-state index contributed by atoms with van der Waals surface area (Å²) in [5.74, 6) is -1.68. The number of nitrogens with zero attached hydrogens (tertiary/aromatic N) is 1. The SMILES string of the molecule is O=C(CN1CCCCC1CO)Nc1cc(F)ccc1F. The number of likely N-dealkylation sites (tertiary alicyclic amines) is 1. The number of benzene rings is 1. The molecule has 2 N–H and O–H groups in total. The molecule has 20 heavy (non-hydrogen) atoms. The number of nitrogens with one attached hydrogen (secondary N) is 1. The Morgan fingerprint density at radius 2 is 2.20 bits per heavy atom. The molecule has 1 aliphatic rings. The number of rotatable bonds is 4. The molecule has 1 atom stereocenters. The molecule has 0 spiro atoms. The van der Waals surface area contributed by atoms with Crippen LogP contribution in [0.3, 0.4) is 0 Å². The lowest BCUT2D eigenvalue weighted by Crippen LogP contribution is -2.45. The van der Waals surface area contributed by atoms with Crippen LogP contribution in [0.15, 0.2) is 18.2 Å². The average molecular weight is 284 g/mol. The fourth-order valence-corrected chi connectivity index (χ4v) is 2.44. The molecule has 110 valence electrons. The number of halogens is 2. The van der Waals surface area contributed by atoms with Crippen LogP contribution in [0.4, 0.5) is 14.5 Å². The van der Waals surface area contributed by atoms with E-state index in [1.165, 1.54) is 0 Å². The Hall–Kier alpha value is -1.53. The van der Waals surface area contributed by atoms with Crippen molar-refractivity contribution >= 4 is 11.6 Å². The summed E-state index contributed by atoms with van der Waals surface area (Å²) in [6.07, 6.45) is 2.85. The average Bonchev–Trinajstić information content (AvgIpc) is 2.43. The van der Waals surface area contributed by atoms with E-state index < -0.39 is 17.5 Å². The summed E-state index contributed by atoms with van der Waals surface area (Å²) in [6, 6.07) is 2.89. The lowest BCUT2D eigenvalue weighted by Gasteiger charge is -2.33. The van der Waals surface area contributed by atoms with Crippen LogP contribution < -0.4 is 5.32 Å². The summed E-state index contributed by atoms with van der Waals surface area (Å²) < 4.78 is 26.4. The van der Waals surface area contributed by atoms with Gasteiger partial charge in [0.15, 0.2) is 0 Å². The van der Waals surface area contributed by atoms with E-state index in [4.69, 9.17) is 0 Å². The predicted molar refractivity (Wildman–Crippen MR) is 71.3 cm³/mol. The summed E-state index contributed by atoms with van der Waals surface area (Å²) >= 11 is 0. The van der Waals surface area contributed by atoms with Gasteiger partial charge in [-0.05, 0) is 31.5 Å². The first kappa shape index (κ1) is 14.9. The number of aliphatic hydroxyl groups excluding tert-OH is 1. The molecular formula is C14H18F2N2O2. The van der Waals surface area contributed by atoms with E-state index in [1.807, 2.05) is 4.90 Å². The highest BCUT2D eigenvalue weighted by atomic mass is 19.1. The molecule has 0 bridgehead atoms. The van der Waals surface area contributed by atoms with E-state index in [9.17, 15) is 18.7 Å². The van der Waals surface area contributed by atoms with Gasteiger partial charge in [-0.3, -0.25) is 9.69 Å². The minimum absolute atomic E-state index is 0.00159. The summed E-state index contributed by atoms with van der Waals surface area (Å²) in [5.41, 5.74) is -0.160. The maximum atomic E-state index is 13.4. The van der Waals surface area contributed by atoms with Gasteiger partial charge in [0, 0.05) is 12.1 Å². The number of hydrogen-bond acceptors (Lipinski definition) is 3. The smallest absolute Gasteiger partial charge is 0.238 e. The van der Waals surface area contributed by atoms with Crippen molar-refractivity contribution in [2.24, 2.45) is 0 Å². The highest BCUT2D eigenvalue weighted by molar-refractivity contribution is 5.92. The van der Waals surface area contributed by atoms with Gasteiger partial charge < -0.3 is 10.4 Å². The number of piperidine rings is 1. The first-order valence-corrected chi connectivity index (χ1v) is 6.70. The number of amides is 1. The van der Waals surface area contributed by atoms with Crippen LogP contribution in [0.2, 0.25) is 0 Å². The van der Waals surface area contributed by atoms with Gasteiger partial charge in [0.2, 0.25) is 5.91 Å².